The summed E-state index contributed by atoms with van der Waals surface area (Å²) < 4.78 is 11.3. The Kier molecular flexibility index (Phi) is 8.85. The number of hydrogen-bond donors (Lipinski definition) is 2. The highest BCUT2D eigenvalue weighted by atomic mass is 16.6. The van der Waals surface area contributed by atoms with Gasteiger partial charge in [0, 0.05) is 32.6 Å². The number of hydrogen-bond acceptors (Lipinski definition) is 7. The van der Waals surface area contributed by atoms with Crippen LogP contribution in [0.2, 0.25) is 0 Å². The van der Waals surface area contributed by atoms with Gasteiger partial charge in [0.2, 0.25) is 11.8 Å². The first kappa shape index (κ1) is 28.7. The zero-order valence-electron chi connectivity index (χ0n) is 22.4. The minimum absolute atomic E-state index is 0.107. The lowest BCUT2D eigenvalue weighted by molar-refractivity contribution is -0.143. The molecule has 4 amide bonds. The number of amides is 4. The summed E-state index contributed by atoms with van der Waals surface area (Å²) in [5.41, 5.74) is -0.396. The normalized spacial score (nSPS) is 23.6. The van der Waals surface area contributed by atoms with Gasteiger partial charge in [-0.05, 0) is 57.9 Å². The average Bonchev–Trinajstić information content (AvgIpc) is 3.22. The van der Waals surface area contributed by atoms with Gasteiger partial charge in [0.1, 0.15) is 24.0 Å². The molecule has 4 rings (SSSR count). The van der Waals surface area contributed by atoms with E-state index in [1.807, 2.05) is 0 Å². The number of alkyl carbamates (subject to hydrolysis) is 1. The molecule has 2 N–H and O–H groups in total. The highest BCUT2D eigenvalue weighted by Gasteiger charge is 2.38. The van der Waals surface area contributed by atoms with E-state index >= 15 is 0 Å². The number of likely N-dealkylation sites (N-methyl/N-ethyl adjacent to an activating group) is 2. The second kappa shape index (κ2) is 11.7. The highest BCUT2D eigenvalue weighted by molar-refractivity contribution is 5.96. The van der Waals surface area contributed by atoms with Crippen LogP contribution in [0, 0.1) is 0 Å². The maximum Gasteiger partial charge on any atom is 0.407 e. The molecule has 1 aromatic carbocycles. The third-order valence-electron chi connectivity index (χ3n) is 6.50. The molecule has 1 fully saturated rings. The van der Waals surface area contributed by atoms with Crippen LogP contribution in [0.5, 0.6) is 5.75 Å². The molecule has 2 bridgehead atoms. The van der Waals surface area contributed by atoms with E-state index in [0.717, 1.165) is 4.90 Å². The average molecular weight is 533 g/mol. The summed E-state index contributed by atoms with van der Waals surface area (Å²) >= 11 is 0. The number of carbonyl (C=O) groups excluding carboxylic acids is 4. The van der Waals surface area contributed by atoms with Crippen molar-refractivity contribution in [1.82, 2.24) is 20.0 Å². The Hall–Kier alpha value is -3.83. The number of benzene rings is 1. The molecule has 12 heteroatoms. The van der Waals surface area contributed by atoms with E-state index in [0.29, 0.717) is 12.2 Å². The van der Waals surface area contributed by atoms with Crippen molar-refractivity contribution in [2.75, 3.05) is 33.8 Å². The largest absolute Gasteiger partial charge is 0.491 e. The monoisotopic (exact) mass is 532 g/mol. The fourth-order valence-corrected chi connectivity index (χ4v) is 4.51. The number of carboxylic acids is 1. The number of carboxylic acid groups (broad SMARTS) is 1. The van der Waals surface area contributed by atoms with Crippen molar-refractivity contribution in [3.05, 3.63) is 29.8 Å². The topological polar surface area (TPSA) is 146 Å². The Morgan fingerprint density at radius 3 is 2.34 bits per heavy atom. The van der Waals surface area contributed by atoms with Crippen LogP contribution < -0.4 is 10.1 Å². The van der Waals surface area contributed by atoms with Gasteiger partial charge >= 0.3 is 12.1 Å². The van der Waals surface area contributed by atoms with E-state index in [1.54, 1.807) is 37.8 Å². The van der Waals surface area contributed by atoms with E-state index in [-0.39, 0.29) is 56.1 Å². The van der Waals surface area contributed by atoms with Gasteiger partial charge in [0.25, 0.3) is 5.91 Å². The van der Waals surface area contributed by atoms with Gasteiger partial charge in [-0.15, -0.1) is 0 Å². The van der Waals surface area contributed by atoms with Gasteiger partial charge in [0.05, 0.1) is 18.6 Å². The van der Waals surface area contributed by atoms with E-state index < -0.39 is 35.5 Å². The van der Waals surface area contributed by atoms with E-state index in [9.17, 15) is 29.1 Å². The van der Waals surface area contributed by atoms with Crippen LogP contribution in [-0.2, 0) is 19.1 Å². The van der Waals surface area contributed by atoms with Crippen LogP contribution in [0.4, 0.5) is 4.79 Å². The fourth-order valence-electron chi connectivity index (χ4n) is 4.51. The highest BCUT2D eigenvalue weighted by Crippen LogP contribution is 2.23. The first-order valence-electron chi connectivity index (χ1n) is 12.5. The van der Waals surface area contributed by atoms with Crippen LogP contribution in [0.15, 0.2) is 24.3 Å². The van der Waals surface area contributed by atoms with Gasteiger partial charge in [-0.3, -0.25) is 14.4 Å². The number of nitrogens with one attached hydrogen (secondary N) is 1. The first-order chi connectivity index (χ1) is 17.7. The number of fused-ring (bicyclic) bond motifs is 11. The quantitative estimate of drug-likeness (QED) is 0.580. The second-order valence-corrected chi connectivity index (χ2v) is 10.7. The minimum Gasteiger partial charge on any atom is -0.491 e. The second-order valence-electron chi connectivity index (χ2n) is 10.7. The fraction of sp³-hybridized carbons (Fsp3) is 0.577. The van der Waals surface area contributed by atoms with E-state index in [4.69, 9.17) is 9.47 Å². The molecule has 208 valence electrons. The van der Waals surface area contributed by atoms with Crippen molar-refractivity contribution in [1.29, 1.82) is 0 Å². The van der Waals surface area contributed by atoms with Crippen molar-refractivity contribution in [2.45, 2.75) is 63.8 Å². The van der Waals surface area contributed by atoms with Gasteiger partial charge in [-0.1, -0.05) is 0 Å². The van der Waals surface area contributed by atoms with Gasteiger partial charge < -0.3 is 34.6 Å². The Labute approximate surface area is 221 Å². The van der Waals surface area contributed by atoms with E-state index in [1.165, 1.54) is 31.1 Å². The number of carbonyl (C=O) groups is 5. The summed E-state index contributed by atoms with van der Waals surface area (Å²) in [5.74, 6) is -2.01. The molecule has 1 saturated heterocycles. The number of aliphatic carboxylic acids is 1. The number of ether oxygens (including phenoxy) is 2. The zero-order chi connectivity index (χ0) is 28.2. The molecule has 3 atom stereocenters. The maximum absolute atomic E-state index is 13.2. The van der Waals surface area contributed by atoms with Crippen molar-refractivity contribution < 1.29 is 38.6 Å². The molecule has 3 aliphatic rings. The summed E-state index contributed by atoms with van der Waals surface area (Å²) in [7, 11) is 2.85. The Morgan fingerprint density at radius 2 is 1.74 bits per heavy atom. The maximum atomic E-state index is 13.2. The molecule has 0 aliphatic carbocycles. The summed E-state index contributed by atoms with van der Waals surface area (Å²) in [6, 6.07) is 4.30. The molecule has 0 aromatic heterocycles. The van der Waals surface area contributed by atoms with Crippen LogP contribution in [-0.4, -0.2) is 107 Å². The SMILES string of the molecule is CN1CC(=O)N2C[C@H](NC(=O)OC(C)(C)C)C[C@H]2COc2ccc(cc2)C(=O)N(C)[C@H](C(=O)O)CCC1=O. The van der Waals surface area contributed by atoms with Crippen LogP contribution in [0.3, 0.4) is 0 Å². The van der Waals surface area contributed by atoms with Crippen molar-refractivity contribution in [3.8, 4) is 5.75 Å². The number of rotatable bonds is 2. The lowest BCUT2D eigenvalue weighted by atomic mass is 10.1. The van der Waals surface area contributed by atoms with E-state index in [2.05, 4.69) is 5.32 Å². The first-order valence-corrected chi connectivity index (χ1v) is 12.5. The molecule has 12 nitrogen and oxygen atoms in total. The van der Waals surface area contributed by atoms with Crippen molar-refractivity contribution >= 4 is 29.8 Å². The zero-order valence-corrected chi connectivity index (χ0v) is 22.4. The summed E-state index contributed by atoms with van der Waals surface area (Å²) in [6.07, 6.45) is -0.433. The summed E-state index contributed by atoms with van der Waals surface area (Å²) in [5, 5.41) is 12.5. The molecule has 0 spiro atoms. The standard InChI is InChI=1S/C26H36N4O8/c1-26(2,3)38-25(36)27-17-12-18-15-37-19-8-6-16(7-9-19)23(33)29(5)20(24(34)35)10-11-21(31)28(4)14-22(32)30(18)13-17/h6-9,17-18,20H,10-15H2,1-5H3,(H,27,36)(H,34,35)/t17-,18+,20+/m1/s1. The molecule has 0 radical (unpaired) electrons. The molecular weight excluding hydrogens is 496 g/mol. The predicted molar refractivity (Wildman–Crippen MR) is 136 cm³/mol. The summed E-state index contributed by atoms with van der Waals surface area (Å²) in [4.78, 5) is 67.0. The van der Waals surface area contributed by atoms with Crippen molar-refractivity contribution in [2.24, 2.45) is 0 Å². The molecule has 0 saturated carbocycles. The molecule has 0 unspecified atom stereocenters. The smallest absolute Gasteiger partial charge is 0.407 e. The van der Waals surface area contributed by atoms with Gasteiger partial charge in [-0.25, -0.2) is 9.59 Å². The molecule has 3 aliphatic heterocycles. The lowest BCUT2D eigenvalue weighted by Gasteiger charge is -2.27. The van der Waals surface area contributed by atoms with Gasteiger partial charge in [-0.2, -0.15) is 0 Å². The summed E-state index contributed by atoms with van der Waals surface area (Å²) in [6.45, 7) is 5.40. The van der Waals surface area contributed by atoms with Crippen LogP contribution in [0.25, 0.3) is 0 Å². The molecular formula is C26H36N4O8. The minimum atomic E-state index is -1.23. The number of nitrogens with zero attached hydrogens (tertiary/aromatic N) is 3. The van der Waals surface area contributed by atoms with Crippen LogP contribution >= 0.6 is 0 Å². The molecule has 3 heterocycles. The Balaban J connectivity index is 1.83. The Bertz CT molecular complexity index is 1070. The third kappa shape index (κ3) is 7.36. The van der Waals surface area contributed by atoms with Gasteiger partial charge in [0.15, 0.2) is 0 Å². The molecule has 1 aromatic rings. The predicted octanol–water partition coefficient (Wildman–Crippen LogP) is 1.34. The Morgan fingerprint density at radius 1 is 1.08 bits per heavy atom. The lowest BCUT2D eigenvalue weighted by Crippen LogP contribution is -2.46. The third-order valence-corrected chi connectivity index (χ3v) is 6.50. The van der Waals surface area contributed by atoms with Crippen molar-refractivity contribution in [3.63, 3.8) is 0 Å². The molecule has 38 heavy (non-hydrogen) atoms. The van der Waals surface area contributed by atoms with Crippen LogP contribution in [0.1, 0.15) is 50.4 Å².